The maximum Gasteiger partial charge on any atom is 0.228 e. The van der Waals surface area contributed by atoms with Crippen molar-refractivity contribution in [1.82, 2.24) is 10.2 Å². The first-order valence-electron chi connectivity index (χ1n) is 10.3. The number of nitrogens with one attached hydrogen (secondary N) is 1. The van der Waals surface area contributed by atoms with Crippen molar-refractivity contribution in [2.75, 3.05) is 20.1 Å². The van der Waals surface area contributed by atoms with Gasteiger partial charge in [-0.3, -0.25) is 9.59 Å². The van der Waals surface area contributed by atoms with Crippen LogP contribution in [0, 0.1) is 11.2 Å². The average molecular weight is 397 g/mol. The van der Waals surface area contributed by atoms with Crippen molar-refractivity contribution >= 4 is 11.8 Å². The largest absolute Gasteiger partial charge is 0.359 e. The smallest absolute Gasteiger partial charge is 0.228 e. The molecule has 1 aliphatic heterocycles. The highest BCUT2D eigenvalue weighted by Crippen LogP contribution is 2.35. The molecule has 1 saturated heterocycles. The van der Waals surface area contributed by atoms with Gasteiger partial charge in [0.25, 0.3) is 0 Å². The summed E-state index contributed by atoms with van der Waals surface area (Å²) in [7, 11) is 1.65. The minimum atomic E-state index is -0.642. The SMILES string of the molecule is CCCC(=O)N1CCC[C@@](Cc2cccc(-c3cccc(F)c3)c2)(C(=O)NC)C1. The van der Waals surface area contributed by atoms with E-state index >= 15 is 0 Å². The van der Waals surface area contributed by atoms with Crippen LogP contribution in [0.3, 0.4) is 0 Å². The Morgan fingerprint density at radius 2 is 1.86 bits per heavy atom. The monoisotopic (exact) mass is 396 g/mol. The van der Waals surface area contributed by atoms with E-state index in [1.807, 2.05) is 42.2 Å². The summed E-state index contributed by atoms with van der Waals surface area (Å²) in [5, 5.41) is 2.81. The lowest BCUT2D eigenvalue weighted by molar-refractivity contribution is -0.141. The lowest BCUT2D eigenvalue weighted by Crippen LogP contribution is -2.53. The minimum absolute atomic E-state index is 0.0253. The van der Waals surface area contributed by atoms with E-state index in [4.69, 9.17) is 0 Å². The van der Waals surface area contributed by atoms with Gasteiger partial charge in [0.2, 0.25) is 11.8 Å². The molecule has 2 aromatic rings. The van der Waals surface area contributed by atoms with Crippen molar-refractivity contribution in [2.45, 2.75) is 39.0 Å². The number of benzene rings is 2. The lowest BCUT2D eigenvalue weighted by atomic mass is 9.74. The van der Waals surface area contributed by atoms with Crippen molar-refractivity contribution in [1.29, 1.82) is 0 Å². The minimum Gasteiger partial charge on any atom is -0.359 e. The molecule has 0 spiro atoms. The zero-order valence-corrected chi connectivity index (χ0v) is 17.2. The summed E-state index contributed by atoms with van der Waals surface area (Å²) in [6.45, 7) is 3.14. The van der Waals surface area contributed by atoms with E-state index in [2.05, 4.69) is 5.32 Å². The van der Waals surface area contributed by atoms with Gasteiger partial charge in [-0.1, -0.05) is 43.3 Å². The van der Waals surface area contributed by atoms with Crippen LogP contribution in [0.4, 0.5) is 4.39 Å². The van der Waals surface area contributed by atoms with Gasteiger partial charge in [0.1, 0.15) is 5.82 Å². The highest BCUT2D eigenvalue weighted by Gasteiger charge is 2.42. The van der Waals surface area contributed by atoms with E-state index in [9.17, 15) is 14.0 Å². The van der Waals surface area contributed by atoms with Crippen LogP contribution in [-0.2, 0) is 16.0 Å². The predicted octanol–water partition coefficient (Wildman–Crippen LogP) is 4.19. The number of amides is 2. The molecule has 2 amide bonds. The molecule has 1 N–H and O–H groups in total. The van der Waals surface area contributed by atoms with Crippen LogP contribution in [0.5, 0.6) is 0 Å². The van der Waals surface area contributed by atoms with E-state index in [1.54, 1.807) is 13.1 Å². The predicted molar refractivity (Wildman–Crippen MR) is 113 cm³/mol. The molecule has 0 saturated carbocycles. The van der Waals surface area contributed by atoms with Crippen LogP contribution in [0.25, 0.3) is 11.1 Å². The first kappa shape index (κ1) is 21.0. The summed E-state index contributed by atoms with van der Waals surface area (Å²) in [4.78, 5) is 27.2. The van der Waals surface area contributed by atoms with E-state index in [1.165, 1.54) is 12.1 Å². The molecule has 5 heteroatoms. The number of carbonyl (C=O) groups excluding carboxylic acids is 2. The number of likely N-dealkylation sites (tertiary alicyclic amines) is 1. The standard InChI is InChI=1S/C24H29FN2O2/c1-3-7-22(28)27-13-6-12-24(17-27,23(29)26-2)16-18-8-4-9-19(14-18)20-10-5-11-21(25)15-20/h4-5,8-11,14-15H,3,6-7,12-13,16-17H2,1-2H3,(H,26,29)/t24-/m0/s1. The molecule has 154 valence electrons. The molecule has 0 radical (unpaired) electrons. The third-order valence-corrected chi connectivity index (χ3v) is 5.73. The zero-order chi connectivity index (χ0) is 20.9. The Hall–Kier alpha value is -2.69. The maximum atomic E-state index is 13.6. The van der Waals surface area contributed by atoms with E-state index in [0.29, 0.717) is 25.9 Å². The Kier molecular flexibility index (Phi) is 6.68. The Morgan fingerprint density at radius 1 is 1.14 bits per heavy atom. The lowest BCUT2D eigenvalue weighted by Gasteiger charge is -2.41. The van der Waals surface area contributed by atoms with Crippen LogP contribution in [-0.4, -0.2) is 36.9 Å². The third-order valence-electron chi connectivity index (χ3n) is 5.73. The summed E-state index contributed by atoms with van der Waals surface area (Å²) in [5.41, 5.74) is 2.10. The molecule has 1 heterocycles. The first-order chi connectivity index (χ1) is 14.0. The second-order valence-corrected chi connectivity index (χ2v) is 7.92. The van der Waals surface area contributed by atoms with E-state index < -0.39 is 5.41 Å². The number of piperidine rings is 1. The fraction of sp³-hybridized carbons (Fsp3) is 0.417. The van der Waals surface area contributed by atoms with Crippen molar-refractivity contribution in [3.8, 4) is 11.1 Å². The number of carbonyl (C=O) groups is 2. The molecule has 29 heavy (non-hydrogen) atoms. The molecule has 0 bridgehead atoms. The molecule has 2 aromatic carbocycles. The topological polar surface area (TPSA) is 49.4 Å². The average Bonchev–Trinajstić information content (AvgIpc) is 2.73. The summed E-state index contributed by atoms with van der Waals surface area (Å²) in [6.07, 6.45) is 3.42. The Balaban J connectivity index is 1.88. The molecular weight excluding hydrogens is 367 g/mol. The highest BCUT2D eigenvalue weighted by molar-refractivity contribution is 5.85. The highest BCUT2D eigenvalue weighted by atomic mass is 19.1. The zero-order valence-electron chi connectivity index (χ0n) is 17.2. The quantitative estimate of drug-likeness (QED) is 0.796. The molecule has 1 fully saturated rings. The van der Waals surface area contributed by atoms with Crippen molar-refractivity contribution < 1.29 is 14.0 Å². The molecule has 1 atom stereocenters. The normalized spacial score (nSPS) is 19.1. The second-order valence-electron chi connectivity index (χ2n) is 7.92. The van der Waals surface area contributed by atoms with Gasteiger partial charge >= 0.3 is 0 Å². The number of halogens is 1. The fourth-order valence-corrected chi connectivity index (χ4v) is 4.31. The molecule has 0 unspecified atom stereocenters. The van der Waals surface area contributed by atoms with Crippen molar-refractivity contribution in [3.63, 3.8) is 0 Å². The molecular formula is C24H29FN2O2. The van der Waals surface area contributed by atoms with Gasteiger partial charge in [-0.05, 0) is 54.5 Å². The number of nitrogens with zero attached hydrogens (tertiary/aromatic N) is 1. The third kappa shape index (κ3) is 4.84. The second kappa shape index (κ2) is 9.21. The summed E-state index contributed by atoms with van der Waals surface area (Å²) in [5.74, 6) is -0.177. The molecule has 0 aromatic heterocycles. The van der Waals surface area contributed by atoms with Gasteiger partial charge in [0.15, 0.2) is 0 Å². The van der Waals surface area contributed by atoms with Gasteiger partial charge < -0.3 is 10.2 Å². The maximum absolute atomic E-state index is 13.6. The van der Waals surface area contributed by atoms with Gasteiger partial charge in [-0.2, -0.15) is 0 Å². The van der Waals surface area contributed by atoms with Gasteiger partial charge in [0, 0.05) is 26.6 Å². The Morgan fingerprint density at radius 3 is 2.55 bits per heavy atom. The molecule has 0 aliphatic carbocycles. The van der Waals surface area contributed by atoms with Crippen LogP contribution in [0.1, 0.15) is 38.2 Å². The Bertz CT molecular complexity index is 883. The number of rotatable bonds is 6. The molecule has 3 rings (SSSR count). The van der Waals surface area contributed by atoms with Gasteiger partial charge in [-0.15, -0.1) is 0 Å². The van der Waals surface area contributed by atoms with E-state index in [0.717, 1.165) is 36.0 Å². The van der Waals surface area contributed by atoms with Gasteiger partial charge in [0.05, 0.1) is 5.41 Å². The number of hydrogen-bond acceptors (Lipinski definition) is 2. The number of hydrogen-bond donors (Lipinski definition) is 1. The van der Waals surface area contributed by atoms with Crippen LogP contribution < -0.4 is 5.32 Å². The summed E-state index contributed by atoms with van der Waals surface area (Å²) < 4.78 is 13.6. The fourth-order valence-electron chi connectivity index (χ4n) is 4.31. The first-order valence-corrected chi connectivity index (χ1v) is 10.3. The summed E-state index contributed by atoms with van der Waals surface area (Å²) in [6, 6.07) is 14.4. The van der Waals surface area contributed by atoms with Crippen LogP contribution in [0.2, 0.25) is 0 Å². The van der Waals surface area contributed by atoms with Crippen molar-refractivity contribution in [3.05, 3.63) is 59.9 Å². The van der Waals surface area contributed by atoms with Gasteiger partial charge in [-0.25, -0.2) is 4.39 Å². The van der Waals surface area contributed by atoms with Crippen molar-refractivity contribution in [2.24, 2.45) is 5.41 Å². The molecule has 4 nitrogen and oxygen atoms in total. The van der Waals surface area contributed by atoms with E-state index in [-0.39, 0.29) is 17.6 Å². The summed E-state index contributed by atoms with van der Waals surface area (Å²) >= 11 is 0. The molecule has 1 aliphatic rings. The van der Waals surface area contributed by atoms with Crippen LogP contribution in [0.15, 0.2) is 48.5 Å². The van der Waals surface area contributed by atoms with Crippen LogP contribution >= 0.6 is 0 Å². The Labute approximate surface area is 172 Å².